The van der Waals surface area contributed by atoms with Crippen molar-refractivity contribution in [1.29, 1.82) is 0 Å². The van der Waals surface area contributed by atoms with Gasteiger partial charge in [0.1, 0.15) is 5.75 Å². The van der Waals surface area contributed by atoms with Gasteiger partial charge in [0, 0.05) is 22.5 Å². The number of rotatable bonds is 8. The van der Waals surface area contributed by atoms with Gasteiger partial charge in [-0.15, -0.1) is 0 Å². The van der Waals surface area contributed by atoms with Crippen molar-refractivity contribution in [3.8, 4) is 5.75 Å². The summed E-state index contributed by atoms with van der Waals surface area (Å²) >= 11 is 0. The molecule has 0 atom stereocenters. The van der Waals surface area contributed by atoms with E-state index in [9.17, 15) is 9.59 Å². The highest BCUT2D eigenvalue weighted by atomic mass is 16.5. The van der Waals surface area contributed by atoms with E-state index in [1.807, 2.05) is 45.0 Å². The zero-order valence-corrected chi connectivity index (χ0v) is 17.0. The van der Waals surface area contributed by atoms with E-state index in [0.717, 1.165) is 17.9 Å². The summed E-state index contributed by atoms with van der Waals surface area (Å²) < 4.78 is 5.54. The van der Waals surface area contributed by atoms with Crippen LogP contribution >= 0.6 is 0 Å². The second-order valence-corrected chi connectivity index (χ2v) is 7.56. The Balaban J connectivity index is 1.87. The van der Waals surface area contributed by atoms with Crippen LogP contribution in [0.25, 0.3) is 0 Å². The maximum Gasteiger partial charge on any atom is 0.251 e. The SMILES string of the molecule is CCCOc1ccc(NCC(=O)Nc2cccc(C(=O)NC(C)(C)C)c2)cc1. The standard InChI is InChI=1S/C22H29N3O3/c1-5-13-28-19-11-9-17(10-12-19)23-15-20(26)24-18-8-6-7-16(14-18)21(27)25-22(2,3)4/h6-12,14,23H,5,13,15H2,1-4H3,(H,24,26)(H,25,27). The van der Waals surface area contributed by atoms with Gasteiger partial charge in [-0.05, 0) is 69.7 Å². The van der Waals surface area contributed by atoms with Crippen LogP contribution in [0.4, 0.5) is 11.4 Å². The van der Waals surface area contributed by atoms with Gasteiger partial charge in [0.2, 0.25) is 5.91 Å². The van der Waals surface area contributed by atoms with Gasteiger partial charge < -0.3 is 20.7 Å². The van der Waals surface area contributed by atoms with Crippen molar-refractivity contribution in [2.45, 2.75) is 39.7 Å². The van der Waals surface area contributed by atoms with Crippen molar-refractivity contribution in [3.63, 3.8) is 0 Å². The predicted octanol–water partition coefficient (Wildman–Crippen LogP) is 4.05. The summed E-state index contributed by atoms with van der Waals surface area (Å²) in [6.07, 6.45) is 0.958. The van der Waals surface area contributed by atoms with E-state index >= 15 is 0 Å². The van der Waals surface area contributed by atoms with Crippen molar-refractivity contribution in [3.05, 3.63) is 54.1 Å². The van der Waals surface area contributed by atoms with Crippen LogP contribution in [0, 0.1) is 0 Å². The molecule has 0 heterocycles. The molecule has 0 aromatic heterocycles. The molecule has 6 heteroatoms. The molecule has 2 aromatic rings. The third kappa shape index (κ3) is 7.31. The van der Waals surface area contributed by atoms with Gasteiger partial charge in [0.05, 0.1) is 13.2 Å². The summed E-state index contributed by atoms with van der Waals surface area (Å²) in [5.41, 5.74) is 1.59. The molecular formula is C22H29N3O3. The number of anilines is 2. The topological polar surface area (TPSA) is 79.5 Å². The average molecular weight is 383 g/mol. The largest absolute Gasteiger partial charge is 0.494 e. The first-order valence-corrected chi connectivity index (χ1v) is 9.46. The number of nitrogens with one attached hydrogen (secondary N) is 3. The summed E-state index contributed by atoms with van der Waals surface area (Å²) in [4.78, 5) is 24.5. The quantitative estimate of drug-likeness (QED) is 0.642. The molecule has 28 heavy (non-hydrogen) atoms. The van der Waals surface area contributed by atoms with Crippen LogP contribution in [0.2, 0.25) is 0 Å². The number of benzene rings is 2. The van der Waals surface area contributed by atoms with E-state index in [0.29, 0.717) is 17.9 Å². The smallest absolute Gasteiger partial charge is 0.251 e. The van der Waals surface area contributed by atoms with E-state index < -0.39 is 0 Å². The van der Waals surface area contributed by atoms with Crippen molar-refractivity contribution < 1.29 is 14.3 Å². The molecule has 0 saturated heterocycles. The van der Waals surface area contributed by atoms with Crippen molar-refractivity contribution in [2.24, 2.45) is 0 Å². The average Bonchev–Trinajstić information content (AvgIpc) is 2.64. The number of ether oxygens (including phenoxy) is 1. The van der Waals surface area contributed by atoms with Gasteiger partial charge in [-0.2, -0.15) is 0 Å². The number of carbonyl (C=O) groups excluding carboxylic acids is 2. The number of hydrogen-bond donors (Lipinski definition) is 3. The summed E-state index contributed by atoms with van der Waals surface area (Å²) in [7, 11) is 0. The molecule has 0 aliphatic carbocycles. The number of carbonyl (C=O) groups is 2. The van der Waals surface area contributed by atoms with E-state index in [1.165, 1.54) is 0 Å². The molecule has 2 rings (SSSR count). The maximum atomic E-state index is 12.3. The minimum atomic E-state index is -0.322. The van der Waals surface area contributed by atoms with Crippen molar-refractivity contribution in [1.82, 2.24) is 5.32 Å². The van der Waals surface area contributed by atoms with Gasteiger partial charge in [0.25, 0.3) is 5.91 Å². The molecule has 0 aliphatic heterocycles. The maximum absolute atomic E-state index is 12.3. The van der Waals surface area contributed by atoms with E-state index in [1.54, 1.807) is 24.3 Å². The first-order chi connectivity index (χ1) is 13.3. The minimum absolute atomic E-state index is 0.119. The molecule has 3 N–H and O–H groups in total. The molecule has 0 fully saturated rings. The van der Waals surface area contributed by atoms with Crippen LogP contribution < -0.4 is 20.7 Å². The predicted molar refractivity (Wildman–Crippen MR) is 113 cm³/mol. The molecule has 150 valence electrons. The lowest BCUT2D eigenvalue weighted by molar-refractivity contribution is -0.114. The molecule has 2 aromatic carbocycles. The van der Waals surface area contributed by atoms with Crippen LogP contribution in [0.3, 0.4) is 0 Å². The summed E-state index contributed by atoms with van der Waals surface area (Å²) in [5.74, 6) is 0.439. The molecular weight excluding hydrogens is 354 g/mol. The Hall–Kier alpha value is -3.02. The number of amides is 2. The van der Waals surface area contributed by atoms with Gasteiger partial charge in [-0.25, -0.2) is 0 Å². The zero-order chi connectivity index (χ0) is 20.6. The lowest BCUT2D eigenvalue weighted by atomic mass is 10.1. The Kier molecular flexibility index (Phi) is 7.44. The zero-order valence-electron chi connectivity index (χ0n) is 17.0. The fourth-order valence-corrected chi connectivity index (χ4v) is 2.43. The Morgan fingerprint density at radius 2 is 1.71 bits per heavy atom. The van der Waals surface area contributed by atoms with Crippen LogP contribution in [-0.4, -0.2) is 30.5 Å². The van der Waals surface area contributed by atoms with Gasteiger partial charge in [0.15, 0.2) is 0 Å². The summed E-state index contributed by atoms with van der Waals surface area (Å²) in [5, 5.41) is 8.78. The van der Waals surface area contributed by atoms with Crippen LogP contribution in [0.5, 0.6) is 5.75 Å². The van der Waals surface area contributed by atoms with Crippen molar-refractivity contribution >= 4 is 23.2 Å². The molecule has 2 amide bonds. The lowest BCUT2D eigenvalue weighted by Crippen LogP contribution is -2.40. The fraction of sp³-hybridized carbons (Fsp3) is 0.364. The molecule has 0 radical (unpaired) electrons. The van der Waals surface area contributed by atoms with Gasteiger partial charge in [-0.3, -0.25) is 9.59 Å². The van der Waals surface area contributed by atoms with Crippen LogP contribution in [0.1, 0.15) is 44.5 Å². The number of hydrogen-bond acceptors (Lipinski definition) is 4. The first-order valence-electron chi connectivity index (χ1n) is 9.46. The van der Waals surface area contributed by atoms with Crippen LogP contribution in [-0.2, 0) is 4.79 Å². The molecule has 0 spiro atoms. The summed E-state index contributed by atoms with van der Waals surface area (Å²) in [6, 6.07) is 14.4. The Labute approximate surface area is 166 Å². The first kappa shape index (κ1) is 21.3. The third-order valence-electron chi connectivity index (χ3n) is 3.68. The molecule has 0 bridgehead atoms. The monoisotopic (exact) mass is 383 g/mol. The lowest BCUT2D eigenvalue weighted by Gasteiger charge is -2.20. The highest BCUT2D eigenvalue weighted by molar-refractivity contribution is 5.98. The van der Waals surface area contributed by atoms with Crippen LogP contribution in [0.15, 0.2) is 48.5 Å². The normalized spacial score (nSPS) is 10.9. The summed E-state index contributed by atoms with van der Waals surface area (Å²) in [6.45, 7) is 8.62. The molecule has 0 saturated carbocycles. The van der Waals surface area contributed by atoms with E-state index in [2.05, 4.69) is 22.9 Å². The Morgan fingerprint density at radius 3 is 2.36 bits per heavy atom. The highest BCUT2D eigenvalue weighted by Crippen LogP contribution is 2.16. The Morgan fingerprint density at radius 1 is 1.00 bits per heavy atom. The fourth-order valence-electron chi connectivity index (χ4n) is 2.43. The minimum Gasteiger partial charge on any atom is -0.494 e. The third-order valence-corrected chi connectivity index (χ3v) is 3.68. The second kappa shape index (κ2) is 9.78. The van der Waals surface area contributed by atoms with E-state index in [-0.39, 0.29) is 23.9 Å². The highest BCUT2D eigenvalue weighted by Gasteiger charge is 2.15. The second-order valence-electron chi connectivity index (χ2n) is 7.56. The molecule has 0 aliphatic rings. The van der Waals surface area contributed by atoms with Crippen molar-refractivity contribution in [2.75, 3.05) is 23.8 Å². The van der Waals surface area contributed by atoms with Gasteiger partial charge in [-0.1, -0.05) is 13.0 Å². The molecule has 6 nitrogen and oxygen atoms in total. The Bertz CT molecular complexity index is 795. The van der Waals surface area contributed by atoms with E-state index in [4.69, 9.17) is 4.74 Å². The molecule has 0 unspecified atom stereocenters. The van der Waals surface area contributed by atoms with Gasteiger partial charge >= 0.3 is 0 Å².